The smallest absolute Gasteiger partial charge is 0.259 e. The van der Waals surface area contributed by atoms with Crippen LogP contribution in [0.3, 0.4) is 0 Å². The average Bonchev–Trinajstić information content (AvgIpc) is 2.67. The van der Waals surface area contributed by atoms with Gasteiger partial charge in [0.15, 0.2) is 0 Å². The lowest BCUT2D eigenvalue weighted by atomic mass is 10.2. The van der Waals surface area contributed by atoms with Gasteiger partial charge in [0.2, 0.25) is 0 Å². The Morgan fingerprint density at radius 1 is 1.07 bits per heavy atom. The number of amides is 2. The first kappa shape index (κ1) is 20.0. The first-order chi connectivity index (χ1) is 13.0. The minimum atomic E-state index is -0.407. The van der Waals surface area contributed by atoms with Crippen molar-refractivity contribution in [3.05, 3.63) is 59.7 Å². The van der Waals surface area contributed by atoms with Crippen LogP contribution in [0, 0.1) is 0 Å². The van der Waals surface area contributed by atoms with Gasteiger partial charge in [0.25, 0.3) is 11.8 Å². The zero-order valence-electron chi connectivity index (χ0n) is 15.7. The molecule has 27 heavy (non-hydrogen) atoms. The number of hydrogen-bond donors (Lipinski definition) is 2. The fourth-order valence-electron chi connectivity index (χ4n) is 2.21. The zero-order valence-corrected chi connectivity index (χ0v) is 15.7. The Labute approximate surface area is 159 Å². The highest BCUT2D eigenvalue weighted by Gasteiger charge is 2.07. The van der Waals surface area contributed by atoms with Crippen LogP contribution in [0.4, 0.5) is 5.69 Å². The van der Waals surface area contributed by atoms with E-state index in [1.54, 1.807) is 30.5 Å². The van der Waals surface area contributed by atoms with Crippen molar-refractivity contribution in [3.8, 4) is 5.75 Å². The number of anilines is 1. The fourth-order valence-corrected chi connectivity index (χ4v) is 2.21. The van der Waals surface area contributed by atoms with Crippen molar-refractivity contribution in [2.45, 2.75) is 6.92 Å². The van der Waals surface area contributed by atoms with Crippen LogP contribution in [-0.2, 0) is 4.79 Å². The Hall–Kier alpha value is -3.35. The minimum Gasteiger partial charge on any atom is -0.494 e. The molecule has 0 saturated carbocycles. The summed E-state index contributed by atoms with van der Waals surface area (Å²) in [6.45, 7) is 2.29. The molecule has 142 valence electrons. The first-order valence-corrected chi connectivity index (χ1v) is 8.60. The maximum absolute atomic E-state index is 12.0. The molecule has 2 amide bonds. The van der Waals surface area contributed by atoms with E-state index in [4.69, 9.17) is 4.74 Å². The molecule has 7 heteroatoms. The van der Waals surface area contributed by atoms with Crippen LogP contribution in [0.5, 0.6) is 5.75 Å². The molecule has 0 spiro atoms. The molecule has 0 radical (unpaired) electrons. The van der Waals surface area contributed by atoms with E-state index in [1.165, 1.54) is 0 Å². The molecule has 0 unspecified atom stereocenters. The van der Waals surface area contributed by atoms with Crippen LogP contribution in [0.25, 0.3) is 0 Å². The number of carbonyl (C=O) groups is 2. The second-order valence-electron chi connectivity index (χ2n) is 5.92. The molecule has 0 aliphatic heterocycles. The van der Waals surface area contributed by atoms with Gasteiger partial charge in [-0.15, -0.1) is 0 Å². The Bertz CT molecular complexity index is 784. The highest BCUT2D eigenvalue weighted by Crippen LogP contribution is 2.12. The summed E-state index contributed by atoms with van der Waals surface area (Å²) in [4.78, 5) is 25.8. The van der Waals surface area contributed by atoms with Crippen LogP contribution in [0.2, 0.25) is 0 Å². The molecule has 2 N–H and O–H groups in total. The fraction of sp³-hybridized carbons (Fsp3) is 0.250. The lowest BCUT2D eigenvalue weighted by molar-refractivity contribution is -0.120. The Kier molecular flexibility index (Phi) is 7.37. The SMILES string of the molecule is CCOc1ccc(C(=O)NCC(=O)N/N=C/c2ccc(N(C)C)cc2)cc1. The van der Waals surface area contributed by atoms with Gasteiger partial charge in [0, 0.05) is 25.3 Å². The third kappa shape index (κ3) is 6.47. The summed E-state index contributed by atoms with van der Waals surface area (Å²) in [5, 5.41) is 6.44. The molecule has 0 aliphatic rings. The third-order valence-electron chi connectivity index (χ3n) is 3.65. The van der Waals surface area contributed by atoms with E-state index in [2.05, 4.69) is 15.8 Å². The number of ether oxygens (including phenoxy) is 1. The van der Waals surface area contributed by atoms with Crippen molar-refractivity contribution < 1.29 is 14.3 Å². The topological polar surface area (TPSA) is 83.0 Å². The van der Waals surface area contributed by atoms with Crippen molar-refractivity contribution in [2.24, 2.45) is 5.10 Å². The van der Waals surface area contributed by atoms with Gasteiger partial charge in [-0.1, -0.05) is 12.1 Å². The minimum absolute atomic E-state index is 0.164. The summed E-state index contributed by atoms with van der Waals surface area (Å²) < 4.78 is 5.32. The maximum atomic E-state index is 12.0. The van der Waals surface area contributed by atoms with Gasteiger partial charge in [-0.25, -0.2) is 5.43 Å². The van der Waals surface area contributed by atoms with E-state index in [-0.39, 0.29) is 12.5 Å². The molecule has 7 nitrogen and oxygen atoms in total. The van der Waals surface area contributed by atoms with Gasteiger partial charge in [-0.2, -0.15) is 5.10 Å². The molecular formula is C20H24N4O3. The lowest BCUT2D eigenvalue weighted by Crippen LogP contribution is -2.34. The molecule has 0 aromatic heterocycles. The first-order valence-electron chi connectivity index (χ1n) is 8.60. The molecule has 2 aromatic rings. The number of hydrogen-bond acceptors (Lipinski definition) is 5. The molecule has 2 aromatic carbocycles. The van der Waals surface area contributed by atoms with Crippen LogP contribution < -0.4 is 20.4 Å². The van der Waals surface area contributed by atoms with E-state index < -0.39 is 5.91 Å². The van der Waals surface area contributed by atoms with Crippen LogP contribution >= 0.6 is 0 Å². The predicted octanol–water partition coefficient (Wildman–Crippen LogP) is 2.03. The number of benzene rings is 2. The standard InChI is InChI=1S/C20H24N4O3/c1-4-27-18-11-7-16(8-12-18)20(26)21-14-19(25)23-22-13-15-5-9-17(10-6-15)24(2)3/h5-13H,4,14H2,1-3H3,(H,21,26)(H,23,25)/b22-13+. The highest BCUT2D eigenvalue weighted by molar-refractivity contribution is 5.96. The van der Waals surface area contributed by atoms with Crippen LogP contribution in [-0.4, -0.2) is 45.3 Å². The predicted molar refractivity (Wildman–Crippen MR) is 106 cm³/mol. The number of nitrogens with one attached hydrogen (secondary N) is 2. The quantitative estimate of drug-likeness (QED) is 0.552. The van der Waals surface area contributed by atoms with E-state index >= 15 is 0 Å². The molecule has 0 saturated heterocycles. The van der Waals surface area contributed by atoms with Gasteiger partial charge >= 0.3 is 0 Å². The number of rotatable bonds is 8. The largest absolute Gasteiger partial charge is 0.494 e. The number of hydrazone groups is 1. The Morgan fingerprint density at radius 2 is 1.74 bits per heavy atom. The Balaban J connectivity index is 1.77. The maximum Gasteiger partial charge on any atom is 0.259 e. The monoisotopic (exact) mass is 368 g/mol. The molecular weight excluding hydrogens is 344 g/mol. The van der Waals surface area contributed by atoms with Gasteiger partial charge < -0.3 is 15.0 Å². The highest BCUT2D eigenvalue weighted by atomic mass is 16.5. The summed E-state index contributed by atoms with van der Waals surface area (Å²) >= 11 is 0. The van der Waals surface area contributed by atoms with E-state index in [1.807, 2.05) is 50.2 Å². The van der Waals surface area contributed by atoms with Crippen molar-refractivity contribution in [1.82, 2.24) is 10.7 Å². The number of nitrogens with zero attached hydrogens (tertiary/aromatic N) is 2. The molecule has 0 atom stereocenters. The van der Waals surface area contributed by atoms with Crippen molar-refractivity contribution in [2.75, 3.05) is 32.1 Å². The van der Waals surface area contributed by atoms with Crippen LogP contribution in [0.1, 0.15) is 22.8 Å². The second kappa shape index (κ2) is 9.96. The summed E-state index contributed by atoms with van der Waals surface area (Å²) in [5.41, 5.74) is 4.78. The van der Waals surface area contributed by atoms with E-state index in [9.17, 15) is 9.59 Å². The summed E-state index contributed by atoms with van der Waals surface area (Å²) in [5.74, 6) is -0.0494. The third-order valence-corrected chi connectivity index (χ3v) is 3.65. The number of carbonyl (C=O) groups excluding carboxylic acids is 2. The summed E-state index contributed by atoms with van der Waals surface area (Å²) in [6, 6.07) is 14.4. The van der Waals surface area contributed by atoms with Crippen molar-refractivity contribution in [1.29, 1.82) is 0 Å². The normalized spacial score (nSPS) is 10.5. The summed E-state index contributed by atoms with van der Waals surface area (Å²) in [6.07, 6.45) is 1.55. The summed E-state index contributed by atoms with van der Waals surface area (Å²) in [7, 11) is 3.93. The average molecular weight is 368 g/mol. The van der Waals surface area contributed by atoms with Gasteiger partial charge in [0.1, 0.15) is 5.75 Å². The van der Waals surface area contributed by atoms with Gasteiger partial charge in [-0.3, -0.25) is 9.59 Å². The van der Waals surface area contributed by atoms with Crippen LogP contribution in [0.15, 0.2) is 53.6 Å². The molecule has 0 bridgehead atoms. The van der Waals surface area contributed by atoms with Crippen molar-refractivity contribution in [3.63, 3.8) is 0 Å². The zero-order chi connectivity index (χ0) is 19.6. The second-order valence-corrected chi connectivity index (χ2v) is 5.92. The molecule has 0 aliphatic carbocycles. The van der Waals surface area contributed by atoms with E-state index in [0.717, 1.165) is 11.3 Å². The molecule has 0 heterocycles. The Morgan fingerprint density at radius 3 is 2.33 bits per heavy atom. The molecule has 0 fully saturated rings. The van der Waals surface area contributed by atoms with E-state index in [0.29, 0.717) is 17.9 Å². The lowest BCUT2D eigenvalue weighted by Gasteiger charge is -2.11. The molecule has 2 rings (SSSR count). The van der Waals surface area contributed by atoms with Crippen molar-refractivity contribution >= 4 is 23.7 Å². The van der Waals surface area contributed by atoms with Gasteiger partial charge in [-0.05, 0) is 48.9 Å². The van der Waals surface area contributed by atoms with Gasteiger partial charge in [0.05, 0.1) is 19.4 Å².